The number of para-hydroxylation sites is 1. The standard InChI is InChI=1S/C22H14Cl2N2O4/c23-14-7-10-19(17(24)11-14)29-12-20(27)25-15-8-5-13(6-9-15)21-26-18-4-2-1-3-16(18)22(28)30-21/h1-11H,12H2,(H,25,27). The molecule has 150 valence electrons. The quantitative estimate of drug-likeness (QED) is 0.462. The fraction of sp³-hybridized carbons (Fsp3) is 0.0455. The molecule has 0 aliphatic carbocycles. The number of carbonyl (C=O) groups excluding carboxylic acids is 1. The second-order valence-electron chi connectivity index (χ2n) is 6.31. The van der Waals surface area contributed by atoms with Crippen LogP contribution < -0.4 is 15.7 Å². The first-order valence-electron chi connectivity index (χ1n) is 8.87. The van der Waals surface area contributed by atoms with E-state index in [4.69, 9.17) is 32.4 Å². The second-order valence-corrected chi connectivity index (χ2v) is 7.16. The fourth-order valence-corrected chi connectivity index (χ4v) is 3.23. The first-order valence-corrected chi connectivity index (χ1v) is 9.63. The third kappa shape index (κ3) is 4.45. The van der Waals surface area contributed by atoms with Crippen molar-refractivity contribution in [3.05, 3.63) is 87.2 Å². The number of rotatable bonds is 5. The number of hydrogen-bond donors (Lipinski definition) is 1. The molecule has 1 N–H and O–H groups in total. The Labute approximate surface area is 181 Å². The summed E-state index contributed by atoms with van der Waals surface area (Å²) < 4.78 is 10.7. The lowest BCUT2D eigenvalue weighted by Crippen LogP contribution is -2.20. The maximum Gasteiger partial charge on any atom is 0.347 e. The molecule has 6 nitrogen and oxygen atoms in total. The van der Waals surface area contributed by atoms with Gasteiger partial charge in [-0.25, -0.2) is 9.78 Å². The third-order valence-electron chi connectivity index (χ3n) is 4.20. The summed E-state index contributed by atoms with van der Waals surface area (Å²) in [6.45, 7) is -0.218. The molecule has 0 fully saturated rings. The van der Waals surface area contributed by atoms with Crippen molar-refractivity contribution in [2.24, 2.45) is 0 Å². The van der Waals surface area contributed by atoms with Gasteiger partial charge >= 0.3 is 5.63 Å². The molecule has 0 saturated heterocycles. The average Bonchev–Trinajstić information content (AvgIpc) is 2.73. The number of hydrogen-bond acceptors (Lipinski definition) is 5. The minimum atomic E-state index is -0.453. The second kappa shape index (κ2) is 8.57. The number of anilines is 1. The Morgan fingerprint density at radius 3 is 2.57 bits per heavy atom. The van der Waals surface area contributed by atoms with E-state index in [0.717, 1.165) is 0 Å². The van der Waals surface area contributed by atoms with Gasteiger partial charge in [-0.05, 0) is 54.6 Å². The van der Waals surface area contributed by atoms with E-state index in [1.165, 1.54) is 6.07 Å². The number of amides is 1. The van der Waals surface area contributed by atoms with Crippen LogP contribution in [-0.4, -0.2) is 17.5 Å². The normalized spacial score (nSPS) is 10.7. The molecule has 0 bridgehead atoms. The van der Waals surface area contributed by atoms with Gasteiger partial charge in [0.25, 0.3) is 5.91 Å². The summed E-state index contributed by atoms with van der Waals surface area (Å²) in [5.41, 5.74) is 1.27. The Balaban J connectivity index is 1.43. The molecule has 30 heavy (non-hydrogen) atoms. The molecule has 0 saturated carbocycles. The van der Waals surface area contributed by atoms with Crippen molar-refractivity contribution in [1.82, 2.24) is 4.98 Å². The number of aromatic nitrogens is 1. The van der Waals surface area contributed by atoms with Crippen LogP contribution in [0.3, 0.4) is 0 Å². The van der Waals surface area contributed by atoms with Crippen molar-refractivity contribution in [1.29, 1.82) is 0 Å². The smallest absolute Gasteiger partial charge is 0.347 e. The Morgan fingerprint density at radius 2 is 1.80 bits per heavy atom. The highest BCUT2D eigenvalue weighted by atomic mass is 35.5. The molecule has 4 rings (SSSR count). The van der Waals surface area contributed by atoms with Crippen molar-refractivity contribution in [3.63, 3.8) is 0 Å². The highest BCUT2D eigenvalue weighted by Crippen LogP contribution is 2.27. The Bertz CT molecular complexity index is 1290. The predicted octanol–water partition coefficient (Wildman–Crippen LogP) is 5.18. The van der Waals surface area contributed by atoms with Crippen LogP contribution in [0.2, 0.25) is 10.0 Å². The van der Waals surface area contributed by atoms with Crippen molar-refractivity contribution < 1.29 is 13.9 Å². The van der Waals surface area contributed by atoms with E-state index in [1.807, 2.05) is 0 Å². The summed E-state index contributed by atoms with van der Waals surface area (Å²) >= 11 is 11.9. The van der Waals surface area contributed by atoms with Gasteiger partial charge in [0.1, 0.15) is 5.75 Å². The molecule has 1 heterocycles. The van der Waals surface area contributed by atoms with Gasteiger partial charge in [0.05, 0.1) is 15.9 Å². The molecule has 4 aromatic rings. The predicted molar refractivity (Wildman–Crippen MR) is 116 cm³/mol. The summed E-state index contributed by atoms with van der Waals surface area (Å²) in [7, 11) is 0. The molecule has 0 radical (unpaired) electrons. The summed E-state index contributed by atoms with van der Waals surface area (Å²) in [4.78, 5) is 28.6. The highest BCUT2D eigenvalue weighted by Gasteiger charge is 2.10. The van der Waals surface area contributed by atoms with Crippen molar-refractivity contribution >= 4 is 45.7 Å². The number of fused-ring (bicyclic) bond motifs is 1. The molecule has 0 aliphatic heterocycles. The number of halogens is 2. The third-order valence-corrected chi connectivity index (χ3v) is 4.73. The number of nitrogens with zero attached hydrogens (tertiary/aromatic N) is 1. The van der Waals surface area contributed by atoms with Crippen LogP contribution in [-0.2, 0) is 4.79 Å². The maximum absolute atomic E-state index is 12.1. The Hall–Kier alpha value is -3.35. The van der Waals surface area contributed by atoms with E-state index in [-0.39, 0.29) is 18.4 Å². The molecule has 3 aromatic carbocycles. The SMILES string of the molecule is O=C(COc1ccc(Cl)cc1Cl)Nc1ccc(-c2nc3ccccc3c(=O)o2)cc1. The van der Waals surface area contributed by atoms with Crippen LogP contribution in [0.5, 0.6) is 5.75 Å². The summed E-state index contributed by atoms with van der Waals surface area (Å²) in [5, 5.41) is 3.94. The van der Waals surface area contributed by atoms with Gasteiger partial charge in [0.2, 0.25) is 5.89 Å². The summed E-state index contributed by atoms with van der Waals surface area (Å²) in [6.07, 6.45) is 0. The largest absolute Gasteiger partial charge is 0.482 e. The number of carbonyl (C=O) groups is 1. The summed E-state index contributed by atoms with van der Waals surface area (Å²) in [5.74, 6) is 0.213. The lowest BCUT2D eigenvalue weighted by Gasteiger charge is -2.09. The van der Waals surface area contributed by atoms with Crippen molar-refractivity contribution in [2.45, 2.75) is 0 Å². The zero-order chi connectivity index (χ0) is 21.1. The van der Waals surface area contributed by atoms with Crippen LogP contribution in [0.15, 0.2) is 75.9 Å². The molecule has 1 aromatic heterocycles. The fourth-order valence-electron chi connectivity index (χ4n) is 2.77. The van der Waals surface area contributed by atoms with E-state index in [2.05, 4.69) is 10.3 Å². The first-order chi connectivity index (χ1) is 14.5. The van der Waals surface area contributed by atoms with E-state index in [1.54, 1.807) is 60.7 Å². The average molecular weight is 441 g/mol. The Morgan fingerprint density at radius 1 is 1.03 bits per heavy atom. The molecule has 0 unspecified atom stereocenters. The maximum atomic E-state index is 12.1. The molecular formula is C22H14Cl2N2O4. The minimum Gasteiger partial charge on any atom is -0.482 e. The minimum absolute atomic E-state index is 0.206. The van der Waals surface area contributed by atoms with Gasteiger partial charge in [-0.15, -0.1) is 0 Å². The van der Waals surface area contributed by atoms with Crippen molar-refractivity contribution in [2.75, 3.05) is 11.9 Å². The lowest BCUT2D eigenvalue weighted by atomic mass is 10.2. The number of nitrogens with one attached hydrogen (secondary N) is 1. The van der Waals surface area contributed by atoms with Gasteiger partial charge in [-0.3, -0.25) is 4.79 Å². The first kappa shape index (κ1) is 19.9. The van der Waals surface area contributed by atoms with Crippen LogP contribution in [0, 0.1) is 0 Å². The van der Waals surface area contributed by atoms with E-state index < -0.39 is 5.63 Å². The molecule has 8 heteroatoms. The Kier molecular flexibility index (Phi) is 5.70. The molecular weight excluding hydrogens is 427 g/mol. The van der Waals surface area contributed by atoms with Crippen LogP contribution in [0.4, 0.5) is 5.69 Å². The molecule has 1 amide bonds. The topological polar surface area (TPSA) is 81.4 Å². The lowest BCUT2D eigenvalue weighted by molar-refractivity contribution is -0.118. The van der Waals surface area contributed by atoms with Gasteiger partial charge in [-0.2, -0.15) is 0 Å². The molecule has 0 spiro atoms. The van der Waals surface area contributed by atoms with Crippen LogP contribution >= 0.6 is 23.2 Å². The highest BCUT2D eigenvalue weighted by molar-refractivity contribution is 6.35. The van der Waals surface area contributed by atoms with Gasteiger partial charge < -0.3 is 14.5 Å². The van der Waals surface area contributed by atoms with Gasteiger partial charge in [0, 0.05) is 16.3 Å². The van der Waals surface area contributed by atoms with E-state index in [9.17, 15) is 9.59 Å². The van der Waals surface area contributed by atoms with Crippen molar-refractivity contribution in [3.8, 4) is 17.2 Å². The van der Waals surface area contributed by atoms with Crippen LogP contribution in [0.1, 0.15) is 0 Å². The molecule has 0 atom stereocenters. The van der Waals surface area contributed by atoms with E-state index in [0.29, 0.717) is 37.9 Å². The molecule has 0 aliphatic rings. The number of benzene rings is 3. The van der Waals surface area contributed by atoms with E-state index >= 15 is 0 Å². The number of ether oxygens (including phenoxy) is 1. The monoisotopic (exact) mass is 440 g/mol. The van der Waals surface area contributed by atoms with Crippen LogP contribution in [0.25, 0.3) is 22.4 Å². The zero-order valence-electron chi connectivity index (χ0n) is 15.4. The van der Waals surface area contributed by atoms with Gasteiger partial charge in [0.15, 0.2) is 6.61 Å². The van der Waals surface area contributed by atoms with Gasteiger partial charge in [-0.1, -0.05) is 35.3 Å². The summed E-state index contributed by atoms with van der Waals surface area (Å²) in [6, 6.07) is 18.5. The zero-order valence-corrected chi connectivity index (χ0v) is 16.9.